The molecule has 3 aliphatic heterocycles. The summed E-state index contributed by atoms with van der Waals surface area (Å²) in [5, 5.41) is 22.0. The number of piperidine rings is 2. The Labute approximate surface area is 207 Å². The van der Waals surface area contributed by atoms with E-state index >= 15 is 0 Å². The van der Waals surface area contributed by atoms with Crippen molar-refractivity contribution in [3.63, 3.8) is 0 Å². The summed E-state index contributed by atoms with van der Waals surface area (Å²) < 4.78 is 1.75. The van der Waals surface area contributed by atoms with Gasteiger partial charge in [-0.3, -0.25) is 29.6 Å². The van der Waals surface area contributed by atoms with E-state index in [-0.39, 0.29) is 24.8 Å². The van der Waals surface area contributed by atoms with Gasteiger partial charge in [0.25, 0.3) is 5.91 Å². The number of aliphatic hydroxyl groups is 1. The van der Waals surface area contributed by atoms with Gasteiger partial charge >= 0.3 is 0 Å². The molecule has 36 heavy (non-hydrogen) atoms. The fraction of sp³-hybridized carbons (Fsp3) is 0.440. The number of fused-ring (bicyclic) bond motifs is 2. The Kier molecular flexibility index (Phi) is 5.34. The van der Waals surface area contributed by atoms with E-state index in [0.717, 1.165) is 23.1 Å². The Morgan fingerprint density at radius 3 is 2.72 bits per heavy atom. The highest BCUT2D eigenvalue weighted by Gasteiger charge is 2.41. The lowest BCUT2D eigenvalue weighted by Gasteiger charge is -2.38. The molecule has 11 nitrogen and oxygen atoms in total. The average molecular weight is 490 g/mol. The van der Waals surface area contributed by atoms with Crippen molar-refractivity contribution in [1.29, 1.82) is 0 Å². The van der Waals surface area contributed by atoms with Crippen molar-refractivity contribution in [2.24, 2.45) is 7.05 Å². The number of hydrogen-bond acceptors (Lipinski definition) is 8. The van der Waals surface area contributed by atoms with Crippen molar-refractivity contribution in [3.8, 4) is 0 Å². The summed E-state index contributed by atoms with van der Waals surface area (Å²) in [5.74, 6) is -1.03. The second-order valence-electron chi connectivity index (χ2n) is 9.93. The SMILES string of the molecule is Cn1nnc2cc(CN3CCC(O)(c4ccc5c(n4)CN(C4CCC(=O)NC4=O)C5=O)CC3)ccc21. The zero-order valence-corrected chi connectivity index (χ0v) is 20.0. The lowest BCUT2D eigenvalue weighted by Crippen LogP contribution is -2.52. The molecule has 3 aromatic rings. The molecule has 11 heteroatoms. The molecule has 0 radical (unpaired) electrons. The molecule has 1 aromatic carbocycles. The number of rotatable bonds is 4. The van der Waals surface area contributed by atoms with Gasteiger partial charge in [0.05, 0.1) is 29.0 Å². The number of nitrogens with zero attached hydrogens (tertiary/aromatic N) is 6. The fourth-order valence-electron chi connectivity index (χ4n) is 5.47. The number of carbonyl (C=O) groups excluding carboxylic acids is 3. The van der Waals surface area contributed by atoms with Crippen molar-refractivity contribution < 1.29 is 19.5 Å². The summed E-state index contributed by atoms with van der Waals surface area (Å²) in [7, 11) is 1.87. The first-order valence-corrected chi connectivity index (χ1v) is 12.2. The van der Waals surface area contributed by atoms with Crippen LogP contribution in [0.5, 0.6) is 0 Å². The van der Waals surface area contributed by atoms with Crippen LogP contribution in [0.4, 0.5) is 0 Å². The van der Waals surface area contributed by atoms with Crippen LogP contribution < -0.4 is 5.32 Å². The minimum absolute atomic E-state index is 0.196. The molecule has 1 atom stereocenters. The Hall–Kier alpha value is -3.70. The molecule has 0 spiro atoms. The topological polar surface area (TPSA) is 134 Å². The van der Waals surface area contributed by atoms with Gasteiger partial charge in [-0.2, -0.15) is 0 Å². The number of nitrogens with one attached hydrogen (secondary N) is 1. The molecule has 6 rings (SSSR count). The summed E-state index contributed by atoms with van der Waals surface area (Å²) in [5.41, 5.74) is 3.50. The van der Waals surface area contributed by atoms with Crippen LogP contribution >= 0.6 is 0 Å². The summed E-state index contributed by atoms with van der Waals surface area (Å²) >= 11 is 0. The minimum atomic E-state index is -1.08. The van der Waals surface area contributed by atoms with E-state index in [4.69, 9.17) is 0 Å². The normalized spacial score (nSPS) is 22.2. The monoisotopic (exact) mass is 489 g/mol. The van der Waals surface area contributed by atoms with E-state index in [1.54, 1.807) is 16.8 Å². The number of imide groups is 1. The van der Waals surface area contributed by atoms with Crippen molar-refractivity contribution in [3.05, 3.63) is 52.8 Å². The first-order chi connectivity index (χ1) is 17.3. The first-order valence-electron chi connectivity index (χ1n) is 12.2. The number of benzene rings is 1. The predicted octanol–water partition coefficient (Wildman–Crippen LogP) is 0.608. The predicted molar refractivity (Wildman–Crippen MR) is 127 cm³/mol. The van der Waals surface area contributed by atoms with Crippen LogP contribution in [0.25, 0.3) is 11.0 Å². The zero-order chi connectivity index (χ0) is 25.0. The van der Waals surface area contributed by atoms with E-state index in [2.05, 4.69) is 37.6 Å². The molecule has 3 aliphatic rings. The molecule has 0 aliphatic carbocycles. The molecule has 5 heterocycles. The highest BCUT2D eigenvalue weighted by Crippen LogP contribution is 2.35. The van der Waals surface area contributed by atoms with Crippen molar-refractivity contribution >= 4 is 28.8 Å². The lowest BCUT2D eigenvalue weighted by molar-refractivity contribution is -0.136. The van der Waals surface area contributed by atoms with Gasteiger partial charge in [0, 0.05) is 33.1 Å². The van der Waals surface area contributed by atoms with Crippen molar-refractivity contribution in [2.45, 2.75) is 50.4 Å². The number of carbonyl (C=O) groups is 3. The molecule has 0 saturated carbocycles. The molecule has 2 aromatic heterocycles. The van der Waals surface area contributed by atoms with Gasteiger partial charge < -0.3 is 10.0 Å². The van der Waals surface area contributed by atoms with Gasteiger partial charge in [-0.05, 0) is 49.1 Å². The molecular weight excluding hydrogens is 462 g/mol. The van der Waals surface area contributed by atoms with Crippen LogP contribution in [0, 0.1) is 0 Å². The molecule has 2 N–H and O–H groups in total. The van der Waals surface area contributed by atoms with Gasteiger partial charge in [-0.15, -0.1) is 5.10 Å². The van der Waals surface area contributed by atoms with E-state index in [9.17, 15) is 19.5 Å². The van der Waals surface area contributed by atoms with Crippen LogP contribution in [0.2, 0.25) is 0 Å². The zero-order valence-electron chi connectivity index (χ0n) is 20.0. The number of aromatic nitrogens is 4. The lowest BCUT2D eigenvalue weighted by atomic mass is 9.87. The largest absolute Gasteiger partial charge is 0.383 e. The molecule has 1 unspecified atom stereocenters. The quantitative estimate of drug-likeness (QED) is 0.509. The number of pyridine rings is 1. The molecule has 0 bridgehead atoms. The maximum absolute atomic E-state index is 12.9. The Bertz CT molecular complexity index is 1390. The van der Waals surface area contributed by atoms with Gasteiger partial charge in [0.1, 0.15) is 17.2 Å². The minimum Gasteiger partial charge on any atom is -0.383 e. The molecule has 3 amide bonds. The highest BCUT2D eigenvalue weighted by atomic mass is 16.3. The van der Waals surface area contributed by atoms with E-state index < -0.39 is 17.6 Å². The average Bonchev–Trinajstić information content (AvgIpc) is 3.40. The third-order valence-electron chi connectivity index (χ3n) is 7.61. The van der Waals surface area contributed by atoms with Crippen molar-refractivity contribution in [1.82, 2.24) is 35.1 Å². The fourth-order valence-corrected chi connectivity index (χ4v) is 5.47. The third kappa shape index (κ3) is 3.84. The van der Waals surface area contributed by atoms with Crippen LogP contribution in [0.15, 0.2) is 30.3 Å². The summed E-state index contributed by atoms with van der Waals surface area (Å²) in [6.07, 6.45) is 1.56. The standard InChI is InChI=1S/C25H27N7O4/c1-30-19-4-2-15(12-17(19)28-29-30)13-31-10-8-25(36,9-11-31)21-6-3-16-18(26-21)14-32(24(16)35)20-5-7-22(33)27-23(20)34/h2-4,6,12,20,36H,5,7-11,13-14H2,1H3,(H,27,33,34). The smallest absolute Gasteiger partial charge is 0.256 e. The summed E-state index contributed by atoms with van der Waals surface area (Å²) in [6, 6.07) is 8.91. The molecule has 186 valence electrons. The second kappa shape index (κ2) is 8.45. The van der Waals surface area contributed by atoms with Gasteiger partial charge in [0.15, 0.2) is 0 Å². The Morgan fingerprint density at radius 1 is 1.14 bits per heavy atom. The van der Waals surface area contributed by atoms with Crippen LogP contribution in [0.1, 0.15) is 53.0 Å². The summed E-state index contributed by atoms with van der Waals surface area (Å²) in [4.78, 5) is 45.2. The third-order valence-corrected chi connectivity index (χ3v) is 7.61. The number of aryl methyl sites for hydroxylation is 1. The summed E-state index contributed by atoms with van der Waals surface area (Å²) in [6.45, 7) is 2.36. The maximum atomic E-state index is 12.9. The number of amides is 3. The van der Waals surface area contributed by atoms with Crippen LogP contribution in [-0.2, 0) is 35.3 Å². The maximum Gasteiger partial charge on any atom is 0.256 e. The number of likely N-dealkylation sites (tertiary alicyclic amines) is 1. The Morgan fingerprint density at radius 2 is 1.94 bits per heavy atom. The molecular formula is C25H27N7O4. The molecule has 2 fully saturated rings. The van der Waals surface area contributed by atoms with Gasteiger partial charge in [0.2, 0.25) is 11.8 Å². The first kappa shape index (κ1) is 22.7. The van der Waals surface area contributed by atoms with E-state index in [1.165, 1.54) is 4.90 Å². The Balaban J connectivity index is 1.13. The van der Waals surface area contributed by atoms with Crippen LogP contribution in [0.3, 0.4) is 0 Å². The highest BCUT2D eigenvalue weighted by molar-refractivity contribution is 6.05. The van der Waals surface area contributed by atoms with Gasteiger partial charge in [-0.1, -0.05) is 11.3 Å². The van der Waals surface area contributed by atoms with E-state index in [1.807, 2.05) is 13.1 Å². The van der Waals surface area contributed by atoms with Crippen molar-refractivity contribution in [2.75, 3.05) is 13.1 Å². The molecule has 2 saturated heterocycles. The van der Waals surface area contributed by atoms with E-state index in [0.29, 0.717) is 49.3 Å². The second-order valence-corrected chi connectivity index (χ2v) is 9.93. The number of hydrogen-bond donors (Lipinski definition) is 2. The van der Waals surface area contributed by atoms with Gasteiger partial charge in [-0.25, -0.2) is 4.68 Å². The van der Waals surface area contributed by atoms with Crippen LogP contribution in [-0.4, -0.2) is 71.7 Å².